The summed E-state index contributed by atoms with van der Waals surface area (Å²) in [5, 5.41) is 0.421. The number of benzene rings is 1. The highest BCUT2D eigenvalue weighted by Crippen LogP contribution is 2.39. The monoisotopic (exact) mass is 274 g/mol. The average molecular weight is 275 g/mol. The van der Waals surface area contributed by atoms with Gasteiger partial charge in [-0.15, -0.1) is 0 Å². The Morgan fingerprint density at radius 2 is 2.26 bits per heavy atom. The van der Waals surface area contributed by atoms with E-state index in [1.165, 1.54) is 6.33 Å². The van der Waals surface area contributed by atoms with Gasteiger partial charge in [0.05, 0.1) is 17.9 Å². The Morgan fingerprint density at radius 3 is 3.05 bits per heavy atom. The molecule has 0 N–H and O–H groups in total. The van der Waals surface area contributed by atoms with Gasteiger partial charge in [-0.3, -0.25) is 0 Å². The minimum atomic E-state index is -0.327. The van der Waals surface area contributed by atoms with Crippen molar-refractivity contribution in [1.29, 1.82) is 0 Å². The van der Waals surface area contributed by atoms with Gasteiger partial charge in [0.25, 0.3) is 0 Å². The van der Waals surface area contributed by atoms with Crippen LogP contribution in [0.4, 0.5) is 0 Å². The van der Waals surface area contributed by atoms with Gasteiger partial charge in [-0.2, -0.15) is 0 Å². The molecule has 0 amide bonds. The highest BCUT2D eigenvalue weighted by atomic mass is 35.5. The molecule has 3 rings (SSSR count). The van der Waals surface area contributed by atoms with E-state index in [2.05, 4.69) is 9.97 Å². The molecule has 0 spiro atoms. The molecule has 1 aromatic carbocycles. The number of nitrogens with zero attached hydrogens (tertiary/aromatic N) is 2. The molecular weight excluding hydrogens is 264 g/mol. The fourth-order valence-electron chi connectivity index (χ4n) is 2.28. The second-order valence-corrected chi connectivity index (χ2v) is 4.61. The van der Waals surface area contributed by atoms with E-state index in [1.54, 1.807) is 19.1 Å². The molecule has 0 saturated heterocycles. The molecule has 0 radical (unpaired) electrons. The summed E-state index contributed by atoms with van der Waals surface area (Å²) in [5.74, 6) is -0.327. The van der Waals surface area contributed by atoms with Crippen molar-refractivity contribution in [2.75, 3.05) is 6.61 Å². The van der Waals surface area contributed by atoms with Crippen molar-refractivity contribution in [2.45, 2.75) is 13.3 Å². The number of hydrogen-bond acceptors (Lipinski definition) is 4. The molecule has 0 fully saturated rings. The summed E-state index contributed by atoms with van der Waals surface area (Å²) in [6, 6.07) is 5.48. The summed E-state index contributed by atoms with van der Waals surface area (Å²) < 4.78 is 5.00. The Bertz CT molecular complexity index is 670. The molecule has 4 nitrogen and oxygen atoms in total. The molecule has 19 heavy (non-hydrogen) atoms. The zero-order valence-electron chi connectivity index (χ0n) is 10.3. The van der Waals surface area contributed by atoms with Gasteiger partial charge in [-0.05, 0) is 30.2 Å². The maximum atomic E-state index is 11.8. The van der Waals surface area contributed by atoms with Crippen molar-refractivity contribution < 1.29 is 9.53 Å². The largest absolute Gasteiger partial charge is 0.462 e. The number of hydrogen-bond donors (Lipinski definition) is 0. The standard InChI is InChI=1S/C14H11ClN2O2/c1-2-19-14(18)9-4-3-8-6-11-12(10(8)5-9)13(15)17-7-16-11/h3-5,7H,2,6H2,1H3. The summed E-state index contributed by atoms with van der Waals surface area (Å²) in [6.45, 7) is 2.14. The van der Waals surface area contributed by atoms with Crippen molar-refractivity contribution in [2.24, 2.45) is 0 Å². The molecule has 1 heterocycles. The van der Waals surface area contributed by atoms with Crippen LogP contribution in [-0.4, -0.2) is 22.5 Å². The number of halogens is 1. The number of carbonyl (C=O) groups is 1. The van der Waals surface area contributed by atoms with Crippen molar-refractivity contribution in [3.8, 4) is 11.1 Å². The lowest BCUT2D eigenvalue weighted by atomic mass is 10.0. The Kier molecular flexibility index (Phi) is 2.95. The lowest BCUT2D eigenvalue weighted by molar-refractivity contribution is 0.0526. The van der Waals surface area contributed by atoms with Gasteiger partial charge in [0.2, 0.25) is 0 Å². The first-order valence-electron chi connectivity index (χ1n) is 6.00. The predicted octanol–water partition coefficient (Wildman–Crippen LogP) is 2.88. The van der Waals surface area contributed by atoms with Gasteiger partial charge in [0.15, 0.2) is 0 Å². The van der Waals surface area contributed by atoms with Crippen LogP contribution in [-0.2, 0) is 11.2 Å². The van der Waals surface area contributed by atoms with E-state index < -0.39 is 0 Å². The third-order valence-electron chi connectivity index (χ3n) is 3.13. The van der Waals surface area contributed by atoms with Crippen LogP contribution in [0.2, 0.25) is 5.15 Å². The van der Waals surface area contributed by atoms with Crippen LogP contribution in [0.25, 0.3) is 11.1 Å². The van der Waals surface area contributed by atoms with Crippen LogP contribution in [0.15, 0.2) is 24.5 Å². The summed E-state index contributed by atoms with van der Waals surface area (Å²) in [6.07, 6.45) is 2.18. The molecule has 96 valence electrons. The van der Waals surface area contributed by atoms with Crippen LogP contribution < -0.4 is 0 Å². The van der Waals surface area contributed by atoms with Crippen molar-refractivity contribution >= 4 is 17.6 Å². The highest BCUT2D eigenvalue weighted by Gasteiger charge is 2.24. The Hall–Kier alpha value is -1.94. The molecular formula is C14H11ClN2O2. The van der Waals surface area contributed by atoms with Crippen molar-refractivity contribution in [1.82, 2.24) is 9.97 Å². The lowest BCUT2D eigenvalue weighted by Gasteiger charge is -2.05. The van der Waals surface area contributed by atoms with Gasteiger partial charge in [0, 0.05) is 12.0 Å². The van der Waals surface area contributed by atoms with E-state index in [0.29, 0.717) is 17.3 Å². The average Bonchev–Trinajstić information content (AvgIpc) is 2.77. The number of carbonyl (C=O) groups excluding carboxylic acids is 1. The van der Waals surface area contributed by atoms with Gasteiger partial charge in [-0.25, -0.2) is 14.8 Å². The summed E-state index contributed by atoms with van der Waals surface area (Å²) >= 11 is 6.12. The zero-order valence-corrected chi connectivity index (χ0v) is 11.1. The molecule has 5 heteroatoms. The minimum Gasteiger partial charge on any atom is -0.462 e. The van der Waals surface area contributed by atoms with Crippen LogP contribution in [0.1, 0.15) is 28.5 Å². The normalized spacial score (nSPS) is 11.9. The molecule has 1 aliphatic carbocycles. The molecule has 0 aliphatic heterocycles. The molecule has 1 aromatic heterocycles. The van der Waals surface area contributed by atoms with Crippen LogP contribution in [0.5, 0.6) is 0 Å². The van der Waals surface area contributed by atoms with Crippen LogP contribution in [0, 0.1) is 0 Å². The second kappa shape index (κ2) is 4.63. The quantitative estimate of drug-likeness (QED) is 0.533. The third kappa shape index (κ3) is 1.98. The van der Waals surface area contributed by atoms with Crippen LogP contribution in [0.3, 0.4) is 0 Å². The van der Waals surface area contributed by atoms with Gasteiger partial charge >= 0.3 is 5.97 Å². The number of aromatic nitrogens is 2. The minimum absolute atomic E-state index is 0.327. The van der Waals surface area contributed by atoms with E-state index >= 15 is 0 Å². The Morgan fingerprint density at radius 1 is 1.42 bits per heavy atom. The Labute approximate surface area is 115 Å². The Balaban J connectivity index is 2.10. The summed E-state index contributed by atoms with van der Waals surface area (Å²) in [5.41, 5.74) is 4.27. The number of ether oxygens (including phenoxy) is 1. The van der Waals surface area contributed by atoms with Gasteiger partial charge < -0.3 is 4.74 Å². The number of rotatable bonds is 2. The van der Waals surface area contributed by atoms with E-state index in [9.17, 15) is 4.79 Å². The van der Waals surface area contributed by atoms with Gasteiger partial charge in [-0.1, -0.05) is 17.7 Å². The zero-order chi connectivity index (χ0) is 13.4. The van der Waals surface area contributed by atoms with Crippen LogP contribution >= 0.6 is 11.6 Å². The highest BCUT2D eigenvalue weighted by molar-refractivity contribution is 6.32. The first kappa shape index (κ1) is 12.1. The number of esters is 1. The smallest absolute Gasteiger partial charge is 0.338 e. The SMILES string of the molecule is CCOC(=O)c1ccc2c(c1)-c1c(Cl)ncnc1C2. The van der Waals surface area contributed by atoms with E-state index in [-0.39, 0.29) is 5.97 Å². The van der Waals surface area contributed by atoms with E-state index in [1.807, 2.05) is 6.07 Å². The molecule has 2 aromatic rings. The first-order valence-corrected chi connectivity index (χ1v) is 6.38. The molecule has 1 aliphatic rings. The topological polar surface area (TPSA) is 52.1 Å². The van der Waals surface area contributed by atoms with Crippen molar-refractivity contribution in [3.05, 3.63) is 46.5 Å². The fraction of sp³-hybridized carbons (Fsp3) is 0.214. The molecule has 0 unspecified atom stereocenters. The molecule has 0 atom stereocenters. The van der Waals surface area contributed by atoms with E-state index in [4.69, 9.17) is 16.3 Å². The second-order valence-electron chi connectivity index (χ2n) is 4.26. The maximum Gasteiger partial charge on any atom is 0.338 e. The number of fused-ring (bicyclic) bond motifs is 3. The lowest BCUT2D eigenvalue weighted by Crippen LogP contribution is -2.04. The predicted molar refractivity (Wildman–Crippen MR) is 71.2 cm³/mol. The molecule has 0 saturated carbocycles. The summed E-state index contributed by atoms with van der Waals surface area (Å²) in [4.78, 5) is 20.0. The third-order valence-corrected chi connectivity index (χ3v) is 3.41. The van der Waals surface area contributed by atoms with E-state index in [0.717, 1.165) is 28.8 Å². The maximum absolute atomic E-state index is 11.8. The van der Waals surface area contributed by atoms with Crippen molar-refractivity contribution in [3.63, 3.8) is 0 Å². The summed E-state index contributed by atoms with van der Waals surface area (Å²) in [7, 11) is 0. The first-order chi connectivity index (χ1) is 9.20. The molecule has 0 bridgehead atoms. The fourth-order valence-corrected chi connectivity index (χ4v) is 2.54. The van der Waals surface area contributed by atoms with Gasteiger partial charge in [0.1, 0.15) is 11.5 Å².